The van der Waals surface area contributed by atoms with Gasteiger partial charge in [-0.15, -0.1) is 29.1 Å². The molecule has 2 aromatic carbocycles. The van der Waals surface area contributed by atoms with Crippen molar-refractivity contribution in [2.24, 2.45) is 17.8 Å². The number of aliphatic hydroxyl groups is 1. The second-order valence-electron chi connectivity index (χ2n) is 13.3. The number of rotatable bonds is 9. The van der Waals surface area contributed by atoms with Gasteiger partial charge in [-0.25, -0.2) is 0 Å². The number of ketones is 1. The minimum absolute atomic E-state index is 0. The van der Waals surface area contributed by atoms with Crippen molar-refractivity contribution in [3.63, 3.8) is 0 Å². The summed E-state index contributed by atoms with van der Waals surface area (Å²) in [5.74, 6) is 1.17. The van der Waals surface area contributed by atoms with Gasteiger partial charge < -0.3 is 10.1 Å². The number of pyridine rings is 2. The van der Waals surface area contributed by atoms with Gasteiger partial charge in [0.05, 0.1) is 11.3 Å². The van der Waals surface area contributed by atoms with Gasteiger partial charge in [0.25, 0.3) is 0 Å². The Kier molecular flexibility index (Phi) is 11.8. The number of carbonyl (C=O) groups excluding carboxylic acids is 1. The summed E-state index contributed by atoms with van der Waals surface area (Å²) < 4.78 is 0. The van der Waals surface area contributed by atoms with Crippen molar-refractivity contribution in [2.45, 2.75) is 105 Å². The molecule has 0 aliphatic heterocycles. The van der Waals surface area contributed by atoms with Crippen LogP contribution in [-0.2, 0) is 36.7 Å². The largest absolute Gasteiger partial charge is 0.512 e. The molecule has 2 aliphatic carbocycles. The summed E-state index contributed by atoms with van der Waals surface area (Å²) in [6, 6.07) is 17.0. The SMILES string of the molecule is CC(C)Cc1cnc2cnc3c(c2c1)C1(CCCC1)c1cccc2cc[c-]c-3c12.CCC(CC)C(=O)/C=C(\O)C(CC)CC.[Ir]. The molecule has 4 nitrogen and oxygen atoms in total. The van der Waals surface area contributed by atoms with Gasteiger partial charge >= 0.3 is 0 Å². The molecule has 0 amide bonds. The molecule has 0 bridgehead atoms. The van der Waals surface area contributed by atoms with Crippen LogP contribution in [-0.4, -0.2) is 20.9 Å². The van der Waals surface area contributed by atoms with Gasteiger partial charge in [-0.2, -0.15) is 0 Å². The van der Waals surface area contributed by atoms with Crippen LogP contribution in [0.15, 0.2) is 60.6 Å². The fourth-order valence-electron chi connectivity index (χ4n) is 7.67. The number of nitrogens with zero attached hydrogens (tertiary/aromatic N) is 2. The summed E-state index contributed by atoms with van der Waals surface area (Å²) in [5.41, 5.74) is 7.60. The van der Waals surface area contributed by atoms with Crippen molar-refractivity contribution in [3.8, 4) is 11.3 Å². The smallest absolute Gasteiger partial charge is 0.162 e. The zero-order chi connectivity index (χ0) is 31.4. The number of hydrogen-bond acceptors (Lipinski definition) is 4. The molecule has 5 heteroatoms. The predicted molar refractivity (Wildman–Crippen MR) is 183 cm³/mol. The minimum Gasteiger partial charge on any atom is -0.512 e. The maximum absolute atomic E-state index is 11.7. The Hall–Kier alpha value is -2.88. The predicted octanol–water partition coefficient (Wildman–Crippen LogP) is 10.5. The number of fused-ring (bicyclic) bond motifs is 6. The van der Waals surface area contributed by atoms with E-state index in [0.717, 1.165) is 43.3 Å². The maximum atomic E-state index is 11.7. The van der Waals surface area contributed by atoms with Crippen molar-refractivity contribution >= 4 is 27.5 Å². The molecule has 45 heavy (non-hydrogen) atoms. The van der Waals surface area contributed by atoms with Crippen LogP contribution in [0.3, 0.4) is 0 Å². The summed E-state index contributed by atoms with van der Waals surface area (Å²) in [6.45, 7) is 12.6. The van der Waals surface area contributed by atoms with Crippen LogP contribution in [0.2, 0.25) is 0 Å². The number of aromatic nitrogens is 2. The van der Waals surface area contributed by atoms with E-state index >= 15 is 0 Å². The average Bonchev–Trinajstić information content (AvgIpc) is 3.51. The van der Waals surface area contributed by atoms with Gasteiger partial charge in [0.2, 0.25) is 0 Å². The Morgan fingerprint density at radius 1 is 0.978 bits per heavy atom. The molecular formula is C40H49IrN2O2-. The summed E-state index contributed by atoms with van der Waals surface area (Å²) in [5, 5.41) is 13.7. The van der Waals surface area contributed by atoms with Crippen molar-refractivity contribution in [1.29, 1.82) is 0 Å². The molecule has 0 atom stereocenters. The quantitative estimate of drug-likeness (QED) is 0.104. The first-order chi connectivity index (χ1) is 21.3. The Morgan fingerprint density at radius 2 is 1.67 bits per heavy atom. The van der Waals surface area contributed by atoms with E-state index in [1.165, 1.54) is 70.2 Å². The summed E-state index contributed by atoms with van der Waals surface area (Å²) in [6.07, 6.45) is 14.9. The summed E-state index contributed by atoms with van der Waals surface area (Å²) >= 11 is 0. The first-order valence-corrected chi connectivity index (χ1v) is 16.9. The normalized spacial score (nSPS) is 15.0. The summed E-state index contributed by atoms with van der Waals surface area (Å²) in [7, 11) is 0. The van der Waals surface area contributed by atoms with Crippen LogP contribution in [0, 0.1) is 23.8 Å². The third-order valence-electron chi connectivity index (χ3n) is 10.0. The molecule has 241 valence electrons. The van der Waals surface area contributed by atoms with E-state index in [1.54, 1.807) is 0 Å². The van der Waals surface area contributed by atoms with E-state index < -0.39 is 0 Å². The van der Waals surface area contributed by atoms with E-state index in [2.05, 4.69) is 56.3 Å². The third-order valence-corrected chi connectivity index (χ3v) is 10.0. The molecule has 2 aromatic heterocycles. The molecule has 6 rings (SSSR count). The molecule has 1 saturated carbocycles. The number of aliphatic hydroxyl groups excluding tert-OH is 1. The molecule has 4 aromatic rings. The van der Waals surface area contributed by atoms with Gasteiger partial charge in [0.15, 0.2) is 5.78 Å². The number of benzene rings is 2. The molecule has 1 spiro atoms. The number of allylic oxidation sites excluding steroid dienone is 2. The number of carbonyl (C=O) groups is 1. The fourth-order valence-corrected chi connectivity index (χ4v) is 7.67. The van der Waals surface area contributed by atoms with Crippen LogP contribution in [0.25, 0.3) is 32.9 Å². The van der Waals surface area contributed by atoms with Gasteiger partial charge in [-0.1, -0.05) is 83.5 Å². The van der Waals surface area contributed by atoms with Crippen LogP contribution < -0.4 is 0 Å². The molecule has 0 unspecified atom stereocenters. The van der Waals surface area contributed by atoms with E-state index in [0.29, 0.717) is 5.92 Å². The van der Waals surface area contributed by atoms with Crippen LogP contribution in [0.1, 0.15) is 110 Å². The fraction of sp³-hybridized carbons (Fsp3) is 0.475. The monoisotopic (exact) mass is 782 g/mol. The van der Waals surface area contributed by atoms with Crippen molar-refractivity contribution < 1.29 is 30.0 Å². The van der Waals surface area contributed by atoms with Gasteiger partial charge in [-0.05, 0) is 79.1 Å². The van der Waals surface area contributed by atoms with Gasteiger partial charge in [0.1, 0.15) is 0 Å². The molecular weight excluding hydrogens is 733 g/mol. The van der Waals surface area contributed by atoms with Crippen molar-refractivity contribution in [3.05, 3.63) is 83.4 Å². The molecule has 2 heterocycles. The van der Waals surface area contributed by atoms with E-state index in [9.17, 15) is 9.90 Å². The first-order valence-electron chi connectivity index (χ1n) is 16.9. The average molecular weight is 782 g/mol. The van der Waals surface area contributed by atoms with E-state index in [1.807, 2.05) is 40.1 Å². The third kappa shape index (κ3) is 6.81. The van der Waals surface area contributed by atoms with Gasteiger partial charge in [0, 0.05) is 55.8 Å². The molecule has 1 N–H and O–H groups in total. The van der Waals surface area contributed by atoms with Crippen LogP contribution >= 0.6 is 0 Å². The number of hydrogen-bond donors (Lipinski definition) is 1. The Balaban J connectivity index is 0.000000249. The van der Waals surface area contributed by atoms with Gasteiger partial charge in [-0.3, -0.25) is 9.78 Å². The summed E-state index contributed by atoms with van der Waals surface area (Å²) in [4.78, 5) is 21.5. The molecule has 1 fully saturated rings. The van der Waals surface area contributed by atoms with Crippen LogP contribution in [0.4, 0.5) is 0 Å². The van der Waals surface area contributed by atoms with Crippen molar-refractivity contribution in [2.75, 3.05) is 0 Å². The minimum atomic E-state index is 0. The standard InChI is InChI=1S/C27H25N2.C13H24O2.Ir/c1-17(2)13-18-14-21-23(28-15-18)16-29-26-20-9-5-7-19-8-6-10-22(24(19)20)27(25(21)26)11-3-4-12-27;1-5-10(6-2)12(14)9-13(15)11(7-3)8-4;/h5-8,10,14-17H,3-4,11-13H2,1-2H3;9-11,14H,5-8H2,1-4H3;/q-1;;/b;12-9-;. The zero-order valence-electron chi connectivity index (χ0n) is 27.9. The second-order valence-corrected chi connectivity index (χ2v) is 13.3. The Labute approximate surface area is 283 Å². The first kappa shape index (κ1) is 35.0. The van der Waals surface area contributed by atoms with E-state index in [4.69, 9.17) is 9.97 Å². The topological polar surface area (TPSA) is 63.1 Å². The Morgan fingerprint density at radius 3 is 2.31 bits per heavy atom. The van der Waals surface area contributed by atoms with Crippen molar-refractivity contribution in [1.82, 2.24) is 9.97 Å². The maximum Gasteiger partial charge on any atom is 0.162 e. The van der Waals surface area contributed by atoms with Crippen LogP contribution in [0.5, 0.6) is 0 Å². The second kappa shape index (κ2) is 15.1. The molecule has 0 saturated heterocycles. The molecule has 1 radical (unpaired) electrons. The Bertz CT molecular complexity index is 1660. The molecule has 2 aliphatic rings. The zero-order valence-corrected chi connectivity index (χ0v) is 30.3. The van der Waals surface area contributed by atoms with E-state index in [-0.39, 0.29) is 48.9 Å².